The van der Waals surface area contributed by atoms with Gasteiger partial charge < -0.3 is 19.4 Å². The van der Waals surface area contributed by atoms with Crippen molar-refractivity contribution in [3.63, 3.8) is 0 Å². The first kappa shape index (κ1) is 20.5. The maximum absolute atomic E-state index is 12.5. The fraction of sp³-hybridized carbons (Fsp3) is 0.200. The van der Waals surface area contributed by atoms with Crippen LogP contribution in [0.3, 0.4) is 0 Å². The molecular formula is C25H26N4O2. The topological polar surface area (TPSA) is 58.9 Å². The molecule has 0 aliphatic rings. The molecule has 0 aliphatic heterocycles. The van der Waals surface area contributed by atoms with Crippen LogP contribution in [-0.2, 0) is 6.61 Å². The van der Waals surface area contributed by atoms with Crippen LogP contribution in [0, 0.1) is 6.92 Å². The third kappa shape index (κ3) is 5.22. The highest BCUT2D eigenvalue weighted by atomic mass is 16.5. The number of hydrogen-bond donors (Lipinski definition) is 1. The van der Waals surface area contributed by atoms with E-state index in [1.165, 1.54) is 5.56 Å². The summed E-state index contributed by atoms with van der Waals surface area (Å²) in [6.45, 7) is 3.66. The first-order chi connectivity index (χ1) is 15.1. The molecule has 0 saturated carbocycles. The highest BCUT2D eigenvalue weighted by molar-refractivity contribution is 5.94. The average molecular weight is 415 g/mol. The Balaban J connectivity index is 1.31. The van der Waals surface area contributed by atoms with E-state index in [1.807, 2.05) is 85.4 Å². The Kier molecular flexibility index (Phi) is 6.17. The molecule has 158 valence electrons. The lowest BCUT2D eigenvalue weighted by molar-refractivity contribution is 0.0954. The summed E-state index contributed by atoms with van der Waals surface area (Å²) in [5, 5.41) is 2.97. The smallest absolute Gasteiger partial charge is 0.251 e. The third-order valence-electron chi connectivity index (χ3n) is 5.06. The molecule has 2 heterocycles. The van der Waals surface area contributed by atoms with Gasteiger partial charge in [0.2, 0.25) is 0 Å². The first-order valence-corrected chi connectivity index (χ1v) is 10.3. The van der Waals surface area contributed by atoms with E-state index in [-0.39, 0.29) is 5.91 Å². The number of nitrogens with zero attached hydrogens (tertiary/aromatic N) is 3. The lowest BCUT2D eigenvalue weighted by Crippen LogP contribution is -2.32. The van der Waals surface area contributed by atoms with E-state index in [9.17, 15) is 4.79 Å². The van der Waals surface area contributed by atoms with Gasteiger partial charge in [-0.2, -0.15) is 0 Å². The molecule has 4 aromatic rings. The molecule has 0 unspecified atom stereocenters. The van der Waals surface area contributed by atoms with Gasteiger partial charge in [-0.3, -0.25) is 4.79 Å². The van der Waals surface area contributed by atoms with Crippen molar-refractivity contribution in [2.24, 2.45) is 0 Å². The molecule has 0 aliphatic carbocycles. The molecule has 0 saturated heterocycles. The van der Waals surface area contributed by atoms with E-state index in [2.05, 4.69) is 15.2 Å². The summed E-state index contributed by atoms with van der Waals surface area (Å²) in [5.41, 5.74) is 4.59. The second-order valence-electron chi connectivity index (χ2n) is 7.53. The predicted octanol–water partition coefficient (Wildman–Crippen LogP) is 4.09. The van der Waals surface area contributed by atoms with Crippen molar-refractivity contribution >= 4 is 17.2 Å². The van der Waals surface area contributed by atoms with Crippen LogP contribution >= 0.6 is 0 Å². The van der Waals surface area contributed by atoms with Gasteiger partial charge in [-0.05, 0) is 48.9 Å². The Hall–Kier alpha value is -3.80. The number of aryl methyl sites for hydroxylation is 1. The number of pyridine rings is 1. The van der Waals surface area contributed by atoms with Gasteiger partial charge >= 0.3 is 0 Å². The number of nitrogens with one attached hydrogen (secondary N) is 1. The molecule has 0 fully saturated rings. The molecule has 1 N–H and O–H groups in total. The van der Waals surface area contributed by atoms with Crippen molar-refractivity contribution in [3.8, 4) is 5.75 Å². The number of likely N-dealkylation sites (N-methyl/N-ethyl adjacent to an activating group) is 1. The van der Waals surface area contributed by atoms with E-state index in [0.717, 1.165) is 23.6 Å². The van der Waals surface area contributed by atoms with Gasteiger partial charge in [0.1, 0.15) is 18.0 Å². The number of carbonyl (C=O) groups excluding carboxylic acids is 1. The number of amides is 1. The minimum atomic E-state index is -0.116. The summed E-state index contributed by atoms with van der Waals surface area (Å²) in [4.78, 5) is 19.2. The molecular weight excluding hydrogens is 388 g/mol. The van der Waals surface area contributed by atoms with Crippen molar-refractivity contribution < 1.29 is 9.53 Å². The molecule has 2 aromatic heterocycles. The quantitative estimate of drug-likeness (QED) is 0.472. The summed E-state index contributed by atoms with van der Waals surface area (Å²) in [5.74, 6) is 0.525. The highest BCUT2D eigenvalue weighted by Crippen LogP contribution is 2.16. The van der Waals surface area contributed by atoms with Crippen LogP contribution in [0.1, 0.15) is 21.6 Å². The van der Waals surface area contributed by atoms with Gasteiger partial charge in [-0.25, -0.2) is 4.98 Å². The second-order valence-corrected chi connectivity index (χ2v) is 7.53. The third-order valence-corrected chi connectivity index (χ3v) is 5.06. The van der Waals surface area contributed by atoms with Crippen molar-refractivity contribution in [2.75, 3.05) is 25.0 Å². The number of fused-ring (bicyclic) bond motifs is 1. The minimum Gasteiger partial charge on any atom is -0.487 e. The van der Waals surface area contributed by atoms with Crippen molar-refractivity contribution in [2.45, 2.75) is 13.5 Å². The molecule has 6 heteroatoms. The van der Waals surface area contributed by atoms with E-state index >= 15 is 0 Å². The molecule has 0 radical (unpaired) electrons. The largest absolute Gasteiger partial charge is 0.487 e. The number of carbonyl (C=O) groups is 1. The molecule has 4 rings (SSSR count). The summed E-state index contributed by atoms with van der Waals surface area (Å²) in [7, 11) is 2.01. The summed E-state index contributed by atoms with van der Waals surface area (Å²) < 4.78 is 7.87. The highest BCUT2D eigenvalue weighted by Gasteiger charge is 2.08. The minimum absolute atomic E-state index is 0.116. The van der Waals surface area contributed by atoms with Crippen molar-refractivity contribution in [1.82, 2.24) is 14.7 Å². The Morgan fingerprint density at radius 3 is 2.74 bits per heavy atom. The van der Waals surface area contributed by atoms with Gasteiger partial charge in [0.25, 0.3) is 5.91 Å². The van der Waals surface area contributed by atoms with E-state index in [4.69, 9.17) is 4.74 Å². The van der Waals surface area contributed by atoms with Crippen molar-refractivity contribution in [3.05, 3.63) is 95.9 Å². The fourth-order valence-electron chi connectivity index (χ4n) is 3.36. The van der Waals surface area contributed by atoms with Gasteiger partial charge in [0.05, 0.1) is 5.69 Å². The number of aromatic nitrogens is 2. The summed E-state index contributed by atoms with van der Waals surface area (Å²) in [6.07, 6.45) is 3.99. The standard InChI is InChI=1S/C25H26N4O2/c1-19-11-12-24-27-21(17-29(24)16-19)18-31-23-10-6-7-20(15-23)25(30)26-13-14-28(2)22-8-4-3-5-9-22/h3-12,15-17H,13-14,18H2,1-2H3,(H,26,30). The Labute approximate surface area is 182 Å². The Morgan fingerprint density at radius 2 is 1.90 bits per heavy atom. The van der Waals surface area contributed by atoms with Crippen LogP contribution in [0.4, 0.5) is 5.69 Å². The van der Waals surface area contributed by atoms with Gasteiger partial charge in [-0.1, -0.05) is 30.3 Å². The first-order valence-electron chi connectivity index (χ1n) is 10.3. The lowest BCUT2D eigenvalue weighted by atomic mass is 10.2. The molecule has 0 spiro atoms. The number of para-hydroxylation sites is 1. The zero-order valence-electron chi connectivity index (χ0n) is 17.8. The zero-order chi connectivity index (χ0) is 21.6. The SMILES string of the molecule is Cc1ccc2nc(COc3cccc(C(=O)NCCN(C)c4ccccc4)c3)cn2c1. The fourth-order valence-corrected chi connectivity index (χ4v) is 3.36. The summed E-state index contributed by atoms with van der Waals surface area (Å²) >= 11 is 0. The lowest BCUT2D eigenvalue weighted by Gasteiger charge is -2.19. The van der Waals surface area contributed by atoms with E-state index in [0.29, 0.717) is 24.5 Å². The van der Waals surface area contributed by atoms with Crippen LogP contribution in [0.2, 0.25) is 0 Å². The number of rotatable bonds is 8. The maximum atomic E-state index is 12.5. The van der Waals surface area contributed by atoms with Crippen LogP contribution in [-0.4, -0.2) is 35.4 Å². The number of ether oxygens (including phenoxy) is 1. The van der Waals surface area contributed by atoms with Gasteiger partial charge in [0.15, 0.2) is 0 Å². The predicted molar refractivity (Wildman–Crippen MR) is 123 cm³/mol. The van der Waals surface area contributed by atoms with Gasteiger partial charge in [-0.15, -0.1) is 0 Å². The molecule has 31 heavy (non-hydrogen) atoms. The van der Waals surface area contributed by atoms with Gasteiger partial charge in [0, 0.05) is 43.8 Å². The molecule has 2 aromatic carbocycles. The number of imidazole rings is 1. The van der Waals surface area contributed by atoms with E-state index < -0.39 is 0 Å². The monoisotopic (exact) mass is 414 g/mol. The molecule has 0 atom stereocenters. The zero-order valence-corrected chi connectivity index (χ0v) is 17.8. The Morgan fingerprint density at radius 1 is 1.06 bits per heavy atom. The van der Waals surface area contributed by atoms with Crippen LogP contribution < -0.4 is 15.0 Å². The Bertz CT molecular complexity index is 1170. The van der Waals surface area contributed by atoms with E-state index in [1.54, 1.807) is 12.1 Å². The van der Waals surface area contributed by atoms with Crippen LogP contribution in [0.15, 0.2) is 79.1 Å². The summed E-state index contributed by atoms with van der Waals surface area (Å²) in [6, 6.07) is 21.3. The number of benzene rings is 2. The number of anilines is 1. The van der Waals surface area contributed by atoms with Crippen LogP contribution in [0.5, 0.6) is 5.75 Å². The normalized spacial score (nSPS) is 10.8. The molecule has 0 bridgehead atoms. The molecule has 6 nitrogen and oxygen atoms in total. The van der Waals surface area contributed by atoms with Crippen LogP contribution in [0.25, 0.3) is 5.65 Å². The average Bonchev–Trinajstić information content (AvgIpc) is 3.20. The maximum Gasteiger partial charge on any atom is 0.251 e. The number of hydrogen-bond acceptors (Lipinski definition) is 4. The van der Waals surface area contributed by atoms with Crippen molar-refractivity contribution in [1.29, 1.82) is 0 Å². The molecule has 1 amide bonds. The second kappa shape index (κ2) is 9.34.